The smallest absolute Gasteiger partial charge is 0.129 e. The van der Waals surface area contributed by atoms with Gasteiger partial charge in [-0.25, -0.2) is 4.98 Å². The lowest BCUT2D eigenvalue weighted by molar-refractivity contribution is 0.376. The van der Waals surface area contributed by atoms with Crippen molar-refractivity contribution < 1.29 is 0 Å². The van der Waals surface area contributed by atoms with Crippen LogP contribution < -0.4 is 5.32 Å². The summed E-state index contributed by atoms with van der Waals surface area (Å²) in [4.78, 5) is 4.18. The van der Waals surface area contributed by atoms with Crippen LogP contribution in [0.2, 0.25) is 5.15 Å². The van der Waals surface area contributed by atoms with Gasteiger partial charge in [0.2, 0.25) is 0 Å². The average Bonchev–Trinajstić information content (AvgIpc) is 2.17. The van der Waals surface area contributed by atoms with E-state index in [-0.39, 0.29) is 0 Å². The van der Waals surface area contributed by atoms with Gasteiger partial charge in [0.15, 0.2) is 0 Å². The van der Waals surface area contributed by atoms with Crippen LogP contribution in [0.25, 0.3) is 0 Å². The summed E-state index contributed by atoms with van der Waals surface area (Å²) in [7, 11) is 0. The van der Waals surface area contributed by atoms with E-state index < -0.39 is 0 Å². The van der Waals surface area contributed by atoms with Gasteiger partial charge in [-0.05, 0) is 62.9 Å². The molecule has 1 atom stereocenters. The fourth-order valence-corrected chi connectivity index (χ4v) is 2.52. The second-order valence-electron chi connectivity index (χ2n) is 4.36. The van der Waals surface area contributed by atoms with E-state index in [1.807, 2.05) is 13.0 Å². The first-order valence-electron chi connectivity index (χ1n) is 5.58. The number of aryl methyl sites for hydroxylation is 1. The van der Waals surface area contributed by atoms with Gasteiger partial charge in [0.25, 0.3) is 0 Å². The number of aromatic nitrogens is 1. The minimum Gasteiger partial charge on any atom is -0.316 e. The molecule has 2 rings (SSSR count). The zero-order chi connectivity index (χ0) is 10.7. The molecule has 0 bridgehead atoms. The molecule has 1 aromatic rings. The van der Waals surface area contributed by atoms with Crippen LogP contribution in [0.3, 0.4) is 0 Å². The number of nitrogens with zero attached hydrogens (tertiary/aromatic N) is 1. The molecule has 0 aromatic carbocycles. The molecule has 0 radical (unpaired) electrons. The maximum Gasteiger partial charge on any atom is 0.129 e. The Bertz CT molecular complexity index is 312. The maximum atomic E-state index is 5.94. The molecule has 0 saturated carbocycles. The van der Waals surface area contributed by atoms with E-state index in [0.29, 0.717) is 5.15 Å². The zero-order valence-corrected chi connectivity index (χ0v) is 9.85. The first-order chi connectivity index (χ1) is 7.24. The summed E-state index contributed by atoms with van der Waals surface area (Å²) in [5.41, 5.74) is 2.34. The minimum absolute atomic E-state index is 0.619. The maximum absolute atomic E-state index is 5.94. The summed E-state index contributed by atoms with van der Waals surface area (Å²) in [6.45, 7) is 4.31. The molecule has 1 aliphatic rings. The molecule has 2 nitrogen and oxygen atoms in total. The van der Waals surface area contributed by atoms with E-state index in [2.05, 4.69) is 16.4 Å². The van der Waals surface area contributed by atoms with E-state index in [4.69, 9.17) is 11.6 Å². The summed E-state index contributed by atoms with van der Waals surface area (Å²) < 4.78 is 0. The van der Waals surface area contributed by atoms with Crippen LogP contribution >= 0.6 is 11.6 Å². The van der Waals surface area contributed by atoms with Gasteiger partial charge in [0, 0.05) is 5.69 Å². The van der Waals surface area contributed by atoms with Gasteiger partial charge in [-0.2, -0.15) is 0 Å². The third-order valence-corrected chi connectivity index (χ3v) is 3.10. The fraction of sp³-hybridized carbons (Fsp3) is 0.583. The number of hydrogen-bond acceptors (Lipinski definition) is 2. The van der Waals surface area contributed by atoms with Crippen LogP contribution in [-0.2, 0) is 6.42 Å². The van der Waals surface area contributed by atoms with Crippen molar-refractivity contribution in [3.8, 4) is 0 Å². The van der Waals surface area contributed by atoms with Crippen LogP contribution in [0.1, 0.15) is 24.1 Å². The number of halogens is 1. The van der Waals surface area contributed by atoms with E-state index >= 15 is 0 Å². The van der Waals surface area contributed by atoms with Gasteiger partial charge in [-0.3, -0.25) is 0 Å². The highest BCUT2D eigenvalue weighted by atomic mass is 35.5. The van der Waals surface area contributed by atoms with Gasteiger partial charge in [-0.1, -0.05) is 11.6 Å². The molecule has 1 aliphatic heterocycles. The summed E-state index contributed by atoms with van der Waals surface area (Å²) >= 11 is 5.94. The highest BCUT2D eigenvalue weighted by Crippen LogP contribution is 2.18. The van der Waals surface area contributed by atoms with Crippen LogP contribution in [0.5, 0.6) is 0 Å². The first kappa shape index (κ1) is 10.9. The molecule has 2 heterocycles. The normalized spacial score (nSPS) is 21.6. The van der Waals surface area contributed by atoms with Gasteiger partial charge in [-0.15, -0.1) is 0 Å². The highest BCUT2D eigenvalue weighted by Gasteiger charge is 2.13. The quantitative estimate of drug-likeness (QED) is 0.782. The molecular formula is C12H17ClN2. The van der Waals surface area contributed by atoms with Crippen molar-refractivity contribution in [1.82, 2.24) is 10.3 Å². The van der Waals surface area contributed by atoms with Gasteiger partial charge in [0.05, 0.1) is 0 Å². The summed E-state index contributed by atoms with van der Waals surface area (Å²) in [5, 5.41) is 4.05. The predicted octanol–water partition coefficient (Wildman–Crippen LogP) is 2.59. The van der Waals surface area contributed by atoms with Crippen LogP contribution in [0.4, 0.5) is 0 Å². The largest absolute Gasteiger partial charge is 0.316 e. The molecule has 1 fully saturated rings. The number of hydrogen-bond donors (Lipinski definition) is 1. The Balaban J connectivity index is 2.02. The standard InChI is InChI=1S/C12H17ClN2/c1-9-5-11(7-12(13)15-9)6-10-3-2-4-14-8-10/h5,7,10,14H,2-4,6,8H2,1H3. The van der Waals surface area contributed by atoms with Crippen molar-refractivity contribution in [2.75, 3.05) is 13.1 Å². The third-order valence-electron chi connectivity index (χ3n) is 2.91. The molecule has 0 spiro atoms. The Morgan fingerprint density at radius 3 is 3.07 bits per heavy atom. The summed E-state index contributed by atoms with van der Waals surface area (Å²) in [6.07, 6.45) is 3.74. The summed E-state index contributed by atoms with van der Waals surface area (Å²) in [6, 6.07) is 4.13. The summed E-state index contributed by atoms with van der Waals surface area (Å²) in [5.74, 6) is 0.761. The van der Waals surface area contributed by atoms with E-state index in [9.17, 15) is 0 Å². The third kappa shape index (κ3) is 3.18. The van der Waals surface area contributed by atoms with Crippen molar-refractivity contribution >= 4 is 11.6 Å². The number of nitrogens with one attached hydrogen (secondary N) is 1. The average molecular weight is 225 g/mol. The van der Waals surface area contributed by atoms with E-state index in [1.165, 1.54) is 24.9 Å². The molecule has 1 unspecified atom stereocenters. The first-order valence-corrected chi connectivity index (χ1v) is 5.95. The highest BCUT2D eigenvalue weighted by molar-refractivity contribution is 6.29. The van der Waals surface area contributed by atoms with Crippen molar-refractivity contribution in [2.45, 2.75) is 26.2 Å². The molecule has 3 heteroatoms. The van der Waals surface area contributed by atoms with Crippen LogP contribution in [0.15, 0.2) is 12.1 Å². The molecule has 0 aliphatic carbocycles. The van der Waals surface area contributed by atoms with Crippen LogP contribution in [-0.4, -0.2) is 18.1 Å². The Hall–Kier alpha value is -0.600. The van der Waals surface area contributed by atoms with Gasteiger partial charge >= 0.3 is 0 Å². The Kier molecular flexibility index (Phi) is 3.60. The lowest BCUT2D eigenvalue weighted by Crippen LogP contribution is -2.30. The Morgan fingerprint density at radius 1 is 1.53 bits per heavy atom. The lowest BCUT2D eigenvalue weighted by atomic mass is 9.92. The van der Waals surface area contributed by atoms with Crippen LogP contribution in [0, 0.1) is 12.8 Å². The monoisotopic (exact) mass is 224 g/mol. The van der Waals surface area contributed by atoms with E-state index in [0.717, 1.165) is 24.6 Å². The molecule has 1 aromatic heterocycles. The van der Waals surface area contributed by atoms with Crippen molar-refractivity contribution in [3.63, 3.8) is 0 Å². The second-order valence-corrected chi connectivity index (χ2v) is 4.74. The molecule has 1 saturated heterocycles. The topological polar surface area (TPSA) is 24.9 Å². The zero-order valence-electron chi connectivity index (χ0n) is 9.09. The second kappa shape index (κ2) is 4.95. The number of piperidine rings is 1. The van der Waals surface area contributed by atoms with Crippen molar-refractivity contribution in [3.05, 3.63) is 28.5 Å². The van der Waals surface area contributed by atoms with Crippen molar-refractivity contribution in [2.24, 2.45) is 5.92 Å². The SMILES string of the molecule is Cc1cc(CC2CCCNC2)cc(Cl)n1. The molecule has 82 valence electrons. The lowest BCUT2D eigenvalue weighted by Gasteiger charge is -2.22. The van der Waals surface area contributed by atoms with Gasteiger partial charge in [0.1, 0.15) is 5.15 Å². The molecule has 1 N–H and O–H groups in total. The Morgan fingerprint density at radius 2 is 2.40 bits per heavy atom. The minimum atomic E-state index is 0.619. The fourth-order valence-electron chi connectivity index (χ4n) is 2.25. The predicted molar refractivity (Wildman–Crippen MR) is 63.3 cm³/mol. The van der Waals surface area contributed by atoms with E-state index in [1.54, 1.807) is 0 Å². The molecular weight excluding hydrogens is 208 g/mol. The number of rotatable bonds is 2. The number of pyridine rings is 1. The molecule has 0 amide bonds. The van der Waals surface area contributed by atoms with Crippen molar-refractivity contribution in [1.29, 1.82) is 0 Å². The molecule has 15 heavy (non-hydrogen) atoms. The van der Waals surface area contributed by atoms with Gasteiger partial charge < -0.3 is 5.32 Å². The Labute approximate surface area is 96.1 Å².